The Labute approximate surface area is 203 Å². The van der Waals surface area contributed by atoms with Crippen molar-refractivity contribution in [3.63, 3.8) is 0 Å². The summed E-state index contributed by atoms with van der Waals surface area (Å²) in [5, 5.41) is 0. The molecular weight excluding hydrogens is 446 g/mol. The average molecular weight is 482 g/mol. The van der Waals surface area contributed by atoms with Crippen LogP contribution in [0.3, 0.4) is 0 Å². The lowest BCUT2D eigenvalue weighted by atomic mass is 10.1. The molecule has 2 saturated heterocycles. The summed E-state index contributed by atoms with van der Waals surface area (Å²) in [5.74, 6) is 0.171. The Balaban J connectivity index is 1.20. The van der Waals surface area contributed by atoms with E-state index in [-0.39, 0.29) is 5.91 Å². The number of nitrogens with zero attached hydrogens (tertiary/aromatic N) is 3. The highest BCUT2D eigenvalue weighted by Gasteiger charge is 2.26. The van der Waals surface area contributed by atoms with E-state index in [4.69, 9.17) is 0 Å². The maximum Gasteiger partial charge on any atom is 0.243 e. The van der Waals surface area contributed by atoms with Crippen LogP contribution in [0.4, 0.5) is 0 Å². The number of sulfonamides is 1. The van der Waals surface area contributed by atoms with Crippen LogP contribution in [0.1, 0.15) is 36.8 Å². The van der Waals surface area contributed by atoms with E-state index in [9.17, 15) is 13.2 Å². The van der Waals surface area contributed by atoms with Gasteiger partial charge in [0.25, 0.3) is 0 Å². The lowest BCUT2D eigenvalue weighted by Gasteiger charge is -2.34. The molecule has 0 spiro atoms. The van der Waals surface area contributed by atoms with Gasteiger partial charge in [-0.2, -0.15) is 4.31 Å². The molecule has 2 aliphatic heterocycles. The molecule has 2 aromatic rings. The first-order valence-corrected chi connectivity index (χ1v) is 13.8. The monoisotopic (exact) mass is 481 g/mol. The van der Waals surface area contributed by atoms with Gasteiger partial charge in [-0.05, 0) is 42.5 Å². The standard InChI is InChI=1S/C27H35N3O3S/c31-27(29-22-20-28(21-23-29)17-7-10-24-8-3-1-4-9-24)16-13-25-11-14-26(15-12-25)34(32,33)30-18-5-2-6-19-30/h1,3-4,7-12,14-15H,2,5-6,13,16-23H2/b10-7+. The summed E-state index contributed by atoms with van der Waals surface area (Å²) in [4.78, 5) is 17.4. The number of carbonyl (C=O) groups is 1. The van der Waals surface area contributed by atoms with E-state index in [1.807, 2.05) is 35.2 Å². The van der Waals surface area contributed by atoms with Gasteiger partial charge in [0, 0.05) is 52.2 Å². The number of piperidine rings is 1. The highest BCUT2D eigenvalue weighted by atomic mass is 32.2. The first-order chi connectivity index (χ1) is 16.5. The Morgan fingerprint density at radius 2 is 1.50 bits per heavy atom. The normalized spacial score (nSPS) is 18.4. The lowest BCUT2D eigenvalue weighted by Crippen LogP contribution is -2.48. The zero-order valence-electron chi connectivity index (χ0n) is 19.8. The second-order valence-electron chi connectivity index (χ2n) is 9.10. The highest BCUT2D eigenvalue weighted by molar-refractivity contribution is 7.89. The molecule has 0 aliphatic carbocycles. The number of amides is 1. The minimum Gasteiger partial charge on any atom is -0.340 e. The second-order valence-corrected chi connectivity index (χ2v) is 11.0. The summed E-state index contributed by atoms with van der Waals surface area (Å²) in [7, 11) is -3.41. The number of benzene rings is 2. The summed E-state index contributed by atoms with van der Waals surface area (Å²) in [6, 6.07) is 17.3. The first kappa shape index (κ1) is 24.6. The minimum atomic E-state index is -3.41. The molecule has 2 aliphatic rings. The smallest absolute Gasteiger partial charge is 0.243 e. The Hall–Kier alpha value is -2.48. The van der Waals surface area contributed by atoms with Crippen molar-refractivity contribution < 1.29 is 13.2 Å². The van der Waals surface area contributed by atoms with Crippen molar-refractivity contribution in [1.82, 2.24) is 14.1 Å². The highest BCUT2D eigenvalue weighted by Crippen LogP contribution is 2.21. The first-order valence-electron chi connectivity index (χ1n) is 12.3. The van der Waals surface area contributed by atoms with Gasteiger partial charge in [0.05, 0.1) is 4.90 Å². The molecule has 182 valence electrons. The van der Waals surface area contributed by atoms with Crippen LogP contribution in [-0.4, -0.2) is 74.2 Å². The van der Waals surface area contributed by atoms with Crippen molar-refractivity contribution in [3.05, 3.63) is 71.8 Å². The molecule has 0 atom stereocenters. The van der Waals surface area contributed by atoms with Gasteiger partial charge < -0.3 is 4.90 Å². The Bertz CT molecular complexity index is 1050. The zero-order chi connectivity index (χ0) is 23.8. The van der Waals surface area contributed by atoms with E-state index in [1.165, 1.54) is 5.56 Å². The third-order valence-corrected chi connectivity index (χ3v) is 8.62. The predicted molar refractivity (Wildman–Crippen MR) is 136 cm³/mol. The van der Waals surface area contributed by atoms with Gasteiger partial charge in [-0.3, -0.25) is 9.69 Å². The van der Waals surface area contributed by atoms with Crippen molar-refractivity contribution in [1.29, 1.82) is 0 Å². The summed E-state index contributed by atoms with van der Waals surface area (Å²) in [6.07, 6.45) is 8.35. The molecule has 2 aromatic carbocycles. The summed E-state index contributed by atoms with van der Waals surface area (Å²) >= 11 is 0. The van der Waals surface area contributed by atoms with Gasteiger partial charge in [0.2, 0.25) is 15.9 Å². The van der Waals surface area contributed by atoms with E-state index in [2.05, 4.69) is 29.2 Å². The lowest BCUT2D eigenvalue weighted by molar-refractivity contribution is -0.132. The zero-order valence-corrected chi connectivity index (χ0v) is 20.6. The van der Waals surface area contributed by atoms with Crippen LogP contribution in [0.15, 0.2) is 65.6 Å². The van der Waals surface area contributed by atoms with Gasteiger partial charge in [0.1, 0.15) is 0 Å². The molecule has 6 nitrogen and oxygen atoms in total. The van der Waals surface area contributed by atoms with Gasteiger partial charge in [-0.15, -0.1) is 0 Å². The molecule has 0 N–H and O–H groups in total. The van der Waals surface area contributed by atoms with Gasteiger partial charge >= 0.3 is 0 Å². The quantitative estimate of drug-likeness (QED) is 0.578. The van der Waals surface area contributed by atoms with E-state index >= 15 is 0 Å². The molecule has 0 aromatic heterocycles. The molecule has 4 rings (SSSR count). The van der Waals surface area contributed by atoms with Crippen LogP contribution in [0.25, 0.3) is 6.08 Å². The Morgan fingerprint density at radius 3 is 2.18 bits per heavy atom. The maximum absolute atomic E-state index is 12.8. The number of hydrogen-bond acceptors (Lipinski definition) is 4. The Morgan fingerprint density at radius 1 is 0.824 bits per heavy atom. The summed E-state index contributed by atoms with van der Waals surface area (Å²) in [6.45, 7) is 5.38. The third-order valence-electron chi connectivity index (χ3n) is 6.70. The third kappa shape index (κ3) is 6.56. The van der Waals surface area contributed by atoms with Crippen molar-refractivity contribution >= 4 is 22.0 Å². The van der Waals surface area contributed by atoms with Crippen molar-refractivity contribution in [2.24, 2.45) is 0 Å². The predicted octanol–water partition coefficient (Wildman–Crippen LogP) is 3.65. The number of hydrogen-bond donors (Lipinski definition) is 0. The number of carbonyl (C=O) groups excluding carboxylic acids is 1. The van der Waals surface area contributed by atoms with E-state index in [0.29, 0.717) is 30.8 Å². The molecule has 1 amide bonds. The fourth-order valence-electron chi connectivity index (χ4n) is 4.57. The largest absolute Gasteiger partial charge is 0.340 e. The van der Waals surface area contributed by atoms with Gasteiger partial charge in [-0.25, -0.2) is 8.42 Å². The van der Waals surface area contributed by atoms with Crippen molar-refractivity contribution in [3.8, 4) is 0 Å². The molecular formula is C27H35N3O3S. The summed E-state index contributed by atoms with van der Waals surface area (Å²) < 4.78 is 27.2. The molecule has 0 saturated carbocycles. The van der Waals surface area contributed by atoms with Crippen molar-refractivity contribution in [2.45, 2.75) is 37.0 Å². The second kappa shape index (κ2) is 11.8. The minimum absolute atomic E-state index is 0.171. The van der Waals surface area contributed by atoms with Crippen LogP contribution >= 0.6 is 0 Å². The van der Waals surface area contributed by atoms with E-state index in [0.717, 1.165) is 57.5 Å². The number of piperazine rings is 1. The molecule has 0 unspecified atom stereocenters. The number of rotatable bonds is 8. The SMILES string of the molecule is O=C(CCc1ccc(S(=O)(=O)N2CCCCC2)cc1)N1CCN(C/C=C/c2ccccc2)CC1. The van der Waals surface area contributed by atoms with Crippen LogP contribution in [0.2, 0.25) is 0 Å². The van der Waals surface area contributed by atoms with E-state index in [1.54, 1.807) is 16.4 Å². The van der Waals surface area contributed by atoms with Crippen LogP contribution in [0.5, 0.6) is 0 Å². The molecule has 2 fully saturated rings. The fraction of sp³-hybridized carbons (Fsp3) is 0.444. The summed E-state index contributed by atoms with van der Waals surface area (Å²) in [5.41, 5.74) is 2.20. The topological polar surface area (TPSA) is 60.9 Å². The average Bonchev–Trinajstić information content (AvgIpc) is 2.89. The van der Waals surface area contributed by atoms with E-state index < -0.39 is 10.0 Å². The molecule has 7 heteroatoms. The van der Waals surface area contributed by atoms with Crippen LogP contribution in [-0.2, 0) is 21.2 Å². The molecule has 2 heterocycles. The fourth-order valence-corrected chi connectivity index (χ4v) is 6.09. The molecule has 0 radical (unpaired) electrons. The van der Waals surface area contributed by atoms with Crippen molar-refractivity contribution in [2.75, 3.05) is 45.8 Å². The number of aryl methyl sites for hydroxylation is 1. The van der Waals surface area contributed by atoms with Gasteiger partial charge in [0.15, 0.2) is 0 Å². The Kier molecular flexibility index (Phi) is 8.53. The van der Waals surface area contributed by atoms with Crippen LogP contribution in [0, 0.1) is 0 Å². The molecule has 0 bridgehead atoms. The molecule has 34 heavy (non-hydrogen) atoms. The van der Waals surface area contributed by atoms with Crippen LogP contribution < -0.4 is 0 Å². The maximum atomic E-state index is 12.8. The van der Waals surface area contributed by atoms with Gasteiger partial charge in [-0.1, -0.05) is 61.0 Å².